The number of hydrogen-bond acceptors (Lipinski definition) is 16. The summed E-state index contributed by atoms with van der Waals surface area (Å²) in [5.74, 6) is 5.90. The van der Waals surface area contributed by atoms with E-state index in [9.17, 15) is 32.3 Å². The Hall–Kier alpha value is -6.80. The van der Waals surface area contributed by atoms with Gasteiger partial charge in [0.25, 0.3) is 6.47 Å². The number of ether oxygens (including phenoxy) is 2. The number of likely N-dealkylation sites (tertiary alicyclic amines) is 1. The van der Waals surface area contributed by atoms with Crippen LogP contribution in [0.25, 0.3) is 5.65 Å². The molecule has 4 aromatic rings. The van der Waals surface area contributed by atoms with Gasteiger partial charge in [-0.25, -0.2) is 33.7 Å². The molecule has 0 aliphatic carbocycles. The van der Waals surface area contributed by atoms with E-state index in [1.807, 2.05) is 30.0 Å². The van der Waals surface area contributed by atoms with Crippen LogP contribution in [0.15, 0.2) is 59.9 Å². The number of amides is 2. The maximum atomic E-state index is 13.8. The number of halogens is 4. The molecule has 20 nitrogen and oxygen atoms in total. The lowest BCUT2D eigenvalue weighted by molar-refractivity contribution is -0.137. The number of hydrogen-bond donors (Lipinski definition) is 4. The standard InChI is InChI=1S/C44H48ClF3N12O6.CH2O2/c1-27(65-3)41-33(22-49-39-20-38(45)54-60(39)41)53-43(64)52-32-19-29(44(46,47)48)21-50-42(32)66-17-16-56-10-8-31(9-11-56)58-14-12-57(13-15-58)23-28-4-6-36-37(18-28)55(2)40(26-63)59(36)35-7-5-30(24-61)51-34(35)25-62;2-1-3/h4,6,18-22,27,31,35,51H,5,7-17,23H2,1-3H3,(H2,52,53,64);1H,(H,2,3). The minimum atomic E-state index is -4.71. The second-order valence-electron chi connectivity index (χ2n) is 16.6. The van der Waals surface area contributed by atoms with Crippen molar-refractivity contribution in [3.8, 4) is 5.88 Å². The Labute approximate surface area is 399 Å². The van der Waals surface area contributed by atoms with Crippen LogP contribution in [-0.4, -0.2) is 148 Å². The molecule has 7 heterocycles. The molecule has 1 aromatic carbocycles. The highest BCUT2D eigenvalue weighted by Crippen LogP contribution is 2.44. The molecule has 2 atom stereocenters. The van der Waals surface area contributed by atoms with Crippen molar-refractivity contribution in [2.75, 3.05) is 87.0 Å². The van der Waals surface area contributed by atoms with E-state index in [2.05, 4.69) is 51.8 Å². The number of rotatable bonds is 12. The van der Waals surface area contributed by atoms with Gasteiger partial charge in [-0.1, -0.05) is 17.7 Å². The summed E-state index contributed by atoms with van der Waals surface area (Å²) in [5, 5.41) is 19.2. The predicted molar refractivity (Wildman–Crippen MR) is 247 cm³/mol. The maximum Gasteiger partial charge on any atom is 0.417 e. The number of alkyl halides is 3. The summed E-state index contributed by atoms with van der Waals surface area (Å²) in [6.07, 6.45) is -0.513. The number of anilines is 4. The molecule has 3 saturated heterocycles. The summed E-state index contributed by atoms with van der Waals surface area (Å²) in [6.45, 7) is 8.07. The summed E-state index contributed by atoms with van der Waals surface area (Å²) in [5.41, 5.74) is 2.86. The van der Waals surface area contributed by atoms with Gasteiger partial charge >= 0.3 is 12.2 Å². The van der Waals surface area contributed by atoms with E-state index in [1.54, 1.807) is 23.8 Å². The largest absolute Gasteiger partial charge is 0.483 e. The third kappa shape index (κ3) is 11.4. The Bertz CT molecular complexity index is 2690. The first-order chi connectivity index (χ1) is 33.2. The van der Waals surface area contributed by atoms with E-state index in [0.717, 1.165) is 81.7 Å². The van der Waals surface area contributed by atoms with Crippen molar-refractivity contribution in [1.82, 2.24) is 39.6 Å². The number of piperazine rings is 1. The Kier molecular flexibility index (Phi) is 16.0. The van der Waals surface area contributed by atoms with Gasteiger partial charge in [0.05, 0.1) is 46.7 Å². The highest BCUT2D eigenvalue weighted by atomic mass is 35.5. The van der Waals surface area contributed by atoms with Crippen molar-refractivity contribution >= 4 is 70.3 Å². The van der Waals surface area contributed by atoms with E-state index >= 15 is 0 Å². The fourth-order valence-corrected chi connectivity index (χ4v) is 9.23. The number of allylic oxidation sites excluding steroid dienone is 1. The number of methoxy groups -OCH3 is 1. The van der Waals surface area contributed by atoms with Crippen molar-refractivity contribution in [3.05, 3.63) is 81.9 Å². The lowest BCUT2D eigenvalue weighted by Gasteiger charge is -2.42. The molecule has 0 bridgehead atoms. The van der Waals surface area contributed by atoms with Gasteiger partial charge in [0.2, 0.25) is 11.7 Å². The van der Waals surface area contributed by atoms with Crippen LogP contribution < -0.4 is 30.5 Å². The van der Waals surface area contributed by atoms with Crippen LogP contribution >= 0.6 is 11.6 Å². The lowest BCUT2D eigenvalue weighted by Crippen LogP contribution is -2.53. The fourth-order valence-electron chi connectivity index (χ4n) is 9.06. The quantitative estimate of drug-likeness (QED) is 0.112. The molecular weight excluding hydrogens is 929 g/mol. The maximum absolute atomic E-state index is 13.8. The van der Waals surface area contributed by atoms with Crippen molar-refractivity contribution in [3.63, 3.8) is 0 Å². The molecule has 0 radical (unpaired) electrons. The van der Waals surface area contributed by atoms with E-state index in [0.29, 0.717) is 43.0 Å². The molecule has 69 heavy (non-hydrogen) atoms. The monoisotopic (exact) mass is 978 g/mol. The van der Waals surface area contributed by atoms with Crippen LogP contribution in [0.5, 0.6) is 5.88 Å². The van der Waals surface area contributed by atoms with Gasteiger partial charge in [-0.2, -0.15) is 18.3 Å². The summed E-state index contributed by atoms with van der Waals surface area (Å²) in [7, 11) is 3.27. The molecule has 8 rings (SSSR count). The first-order valence-electron chi connectivity index (χ1n) is 22.0. The smallest absolute Gasteiger partial charge is 0.417 e. The van der Waals surface area contributed by atoms with E-state index in [1.165, 1.54) is 23.9 Å². The number of pyridine rings is 1. The molecule has 4 aliphatic heterocycles. The highest BCUT2D eigenvalue weighted by molar-refractivity contribution is 6.29. The molecular formula is C45H50ClF3N12O8. The number of benzene rings is 1. The fraction of sp³-hybridized carbons (Fsp3) is 0.444. The molecule has 4 N–H and O–H groups in total. The van der Waals surface area contributed by atoms with Crippen LogP contribution in [0, 0.1) is 0 Å². The molecule has 2 unspecified atom stereocenters. The van der Waals surface area contributed by atoms with Gasteiger partial charge in [-0.3, -0.25) is 19.5 Å². The van der Waals surface area contributed by atoms with Gasteiger partial charge in [0, 0.05) is 78.2 Å². The van der Waals surface area contributed by atoms with Gasteiger partial charge in [0.15, 0.2) is 16.7 Å². The number of carboxylic acid groups (broad SMARTS) is 1. The van der Waals surface area contributed by atoms with Crippen LogP contribution in [0.2, 0.25) is 5.15 Å². The van der Waals surface area contributed by atoms with E-state index < -0.39 is 29.9 Å². The zero-order valence-corrected chi connectivity index (χ0v) is 38.6. The Balaban J connectivity index is 0.00000228. The third-order valence-electron chi connectivity index (χ3n) is 12.6. The number of nitrogens with one attached hydrogen (secondary N) is 3. The second-order valence-corrected chi connectivity index (χ2v) is 17.0. The number of urea groups is 1. The topological polar surface area (TPSA) is 219 Å². The average molecular weight is 979 g/mol. The number of fused-ring (bicyclic) bond motifs is 2. The van der Waals surface area contributed by atoms with Crippen molar-refractivity contribution in [2.45, 2.75) is 63.5 Å². The molecule has 0 saturated carbocycles. The normalized spacial score (nSPS) is 18.6. The molecule has 366 valence electrons. The lowest BCUT2D eigenvalue weighted by atomic mass is 9.99. The molecule has 3 fully saturated rings. The predicted octanol–water partition coefficient (Wildman–Crippen LogP) is 4.62. The zero-order chi connectivity index (χ0) is 49.4. The Morgan fingerprint density at radius 1 is 0.971 bits per heavy atom. The molecule has 24 heteroatoms. The summed E-state index contributed by atoms with van der Waals surface area (Å²) in [4.78, 5) is 75.9. The van der Waals surface area contributed by atoms with E-state index in [-0.39, 0.29) is 52.7 Å². The SMILES string of the molecule is COC(C)c1c(NC(=O)Nc2cc(C(F)(F)F)cnc2OCCN2CCC(N3CCN(Cc4ccc5c(c4)N(C)C(=C=O)N5C4CCC(=C=O)NC4=C=O)CC3)CC2)cnc2cc(Cl)nn12.O=CO. The van der Waals surface area contributed by atoms with Gasteiger partial charge in [-0.05, 0) is 63.0 Å². The van der Waals surface area contributed by atoms with Crippen molar-refractivity contribution < 1.29 is 51.7 Å². The first-order valence-corrected chi connectivity index (χ1v) is 22.4. The van der Waals surface area contributed by atoms with Gasteiger partial charge in [-0.15, -0.1) is 0 Å². The van der Waals surface area contributed by atoms with Crippen molar-refractivity contribution in [2.24, 2.45) is 0 Å². The highest BCUT2D eigenvalue weighted by Gasteiger charge is 2.40. The molecule has 0 spiro atoms. The molecule has 3 aromatic heterocycles. The number of piperidine rings is 2. The second kappa shape index (κ2) is 22.1. The van der Waals surface area contributed by atoms with Crippen LogP contribution in [0.4, 0.5) is 40.7 Å². The van der Waals surface area contributed by atoms with Gasteiger partial charge in [0.1, 0.15) is 35.6 Å². The Morgan fingerprint density at radius 2 is 1.70 bits per heavy atom. The van der Waals surface area contributed by atoms with Crippen LogP contribution in [0.1, 0.15) is 55.5 Å². The number of carbonyl (C=O) groups excluding carboxylic acids is 4. The molecule has 4 aliphatic rings. The van der Waals surface area contributed by atoms with Crippen molar-refractivity contribution in [1.29, 1.82) is 0 Å². The summed E-state index contributed by atoms with van der Waals surface area (Å²) >= 11 is 6.09. The number of carbonyl (C=O) groups is 2. The van der Waals surface area contributed by atoms with Gasteiger partial charge < -0.3 is 40.3 Å². The van der Waals surface area contributed by atoms with E-state index in [4.69, 9.17) is 31.0 Å². The number of aromatic nitrogens is 4. The third-order valence-corrected chi connectivity index (χ3v) is 12.8. The zero-order valence-electron chi connectivity index (χ0n) is 37.9. The van der Waals surface area contributed by atoms with Crippen LogP contribution in [0.3, 0.4) is 0 Å². The number of nitrogens with zero attached hydrogens (tertiary/aromatic N) is 9. The van der Waals surface area contributed by atoms with Crippen LogP contribution in [-0.2, 0) is 36.6 Å². The Morgan fingerprint density at radius 3 is 2.36 bits per heavy atom. The average Bonchev–Trinajstić information content (AvgIpc) is 3.86. The summed E-state index contributed by atoms with van der Waals surface area (Å²) in [6, 6.07) is 7.43. The first kappa shape index (κ1) is 50.1. The summed E-state index contributed by atoms with van der Waals surface area (Å²) < 4.78 is 54.1. The molecule has 2 amide bonds. The minimum Gasteiger partial charge on any atom is -0.483 e. The minimum absolute atomic E-state index is 0.131.